The first-order chi connectivity index (χ1) is 4.79. The monoisotopic (exact) mass is 142 g/mol. The van der Waals surface area contributed by atoms with E-state index >= 15 is 0 Å². The van der Waals surface area contributed by atoms with Crippen LogP contribution >= 0.6 is 0 Å². The summed E-state index contributed by atoms with van der Waals surface area (Å²) in [4.78, 5) is 0. The molecular weight excluding hydrogens is 128 g/mol. The molecule has 0 bridgehead atoms. The van der Waals surface area contributed by atoms with Crippen molar-refractivity contribution in [3.8, 4) is 0 Å². The largest absolute Gasteiger partial charge is 0.392 e. The molecular formula is C8H14O2. The zero-order chi connectivity index (χ0) is 7.19. The summed E-state index contributed by atoms with van der Waals surface area (Å²) in [7, 11) is 1.75. The number of hydrogen-bond donors (Lipinski definition) is 1. The molecule has 2 rings (SSSR count). The predicted molar refractivity (Wildman–Crippen MR) is 37.7 cm³/mol. The molecule has 0 aromatic rings. The van der Waals surface area contributed by atoms with Crippen LogP contribution in [0.25, 0.3) is 0 Å². The SMILES string of the molecule is CO[C@@H]1C[C@H](O)C12CCC2. The predicted octanol–water partition coefficient (Wildman–Crippen LogP) is 0.936. The lowest BCUT2D eigenvalue weighted by Gasteiger charge is -2.58. The molecule has 2 nitrogen and oxygen atoms in total. The molecule has 2 saturated carbocycles. The second-order valence-corrected chi connectivity index (χ2v) is 3.56. The molecule has 2 atom stereocenters. The van der Waals surface area contributed by atoms with E-state index in [2.05, 4.69) is 0 Å². The maximum absolute atomic E-state index is 9.44. The van der Waals surface area contributed by atoms with Crippen molar-refractivity contribution in [2.45, 2.75) is 37.9 Å². The molecule has 1 spiro atoms. The summed E-state index contributed by atoms with van der Waals surface area (Å²) >= 11 is 0. The highest BCUT2D eigenvalue weighted by atomic mass is 16.5. The summed E-state index contributed by atoms with van der Waals surface area (Å²) in [5.74, 6) is 0. The van der Waals surface area contributed by atoms with Crippen molar-refractivity contribution >= 4 is 0 Å². The van der Waals surface area contributed by atoms with Crippen LogP contribution in [-0.4, -0.2) is 24.4 Å². The van der Waals surface area contributed by atoms with E-state index in [1.165, 1.54) is 19.3 Å². The molecule has 0 aromatic carbocycles. The summed E-state index contributed by atoms with van der Waals surface area (Å²) < 4.78 is 5.25. The van der Waals surface area contributed by atoms with E-state index < -0.39 is 0 Å². The van der Waals surface area contributed by atoms with Gasteiger partial charge in [0.05, 0.1) is 12.2 Å². The molecule has 58 valence electrons. The Balaban J connectivity index is 2.03. The van der Waals surface area contributed by atoms with Gasteiger partial charge in [0.15, 0.2) is 0 Å². The van der Waals surface area contributed by atoms with Gasteiger partial charge in [0.25, 0.3) is 0 Å². The second-order valence-electron chi connectivity index (χ2n) is 3.56. The minimum atomic E-state index is -0.0637. The fraction of sp³-hybridized carbons (Fsp3) is 1.00. The Bertz CT molecular complexity index is 140. The Morgan fingerprint density at radius 1 is 1.50 bits per heavy atom. The van der Waals surface area contributed by atoms with Gasteiger partial charge in [0, 0.05) is 18.9 Å². The van der Waals surface area contributed by atoms with Crippen LogP contribution in [0.15, 0.2) is 0 Å². The maximum atomic E-state index is 9.44. The Morgan fingerprint density at radius 2 is 2.20 bits per heavy atom. The normalized spacial score (nSPS) is 42.6. The first-order valence-electron chi connectivity index (χ1n) is 4.00. The van der Waals surface area contributed by atoms with Crippen LogP contribution in [-0.2, 0) is 4.74 Å². The fourth-order valence-corrected chi connectivity index (χ4v) is 2.30. The van der Waals surface area contributed by atoms with Gasteiger partial charge >= 0.3 is 0 Å². The van der Waals surface area contributed by atoms with Crippen LogP contribution in [0.2, 0.25) is 0 Å². The highest BCUT2D eigenvalue weighted by molar-refractivity contribution is 5.08. The van der Waals surface area contributed by atoms with Gasteiger partial charge in [0.2, 0.25) is 0 Å². The van der Waals surface area contributed by atoms with E-state index in [0.29, 0.717) is 6.10 Å². The minimum absolute atomic E-state index is 0.0637. The summed E-state index contributed by atoms with van der Waals surface area (Å²) in [6.45, 7) is 0. The van der Waals surface area contributed by atoms with Gasteiger partial charge in [-0.3, -0.25) is 0 Å². The van der Waals surface area contributed by atoms with Gasteiger partial charge in [0.1, 0.15) is 0 Å². The van der Waals surface area contributed by atoms with Crippen LogP contribution in [0, 0.1) is 5.41 Å². The summed E-state index contributed by atoms with van der Waals surface area (Å²) in [5.41, 5.74) is 0.203. The second kappa shape index (κ2) is 1.95. The van der Waals surface area contributed by atoms with Crippen LogP contribution in [0.5, 0.6) is 0 Å². The van der Waals surface area contributed by atoms with E-state index in [1.54, 1.807) is 7.11 Å². The van der Waals surface area contributed by atoms with Crippen molar-refractivity contribution in [1.82, 2.24) is 0 Å². The topological polar surface area (TPSA) is 29.5 Å². The summed E-state index contributed by atoms with van der Waals surface area (Å²) in [5, 5.41) is 9.44. The summed E-state index contributed by atoms with van der Waals surface area (Å²) in [6.07, 6.45) is 4.77. The minimum Gasteiger partial charge on any atom is -0.392 e. The molecule has 1 N–H and O–H groups in total. The molecule has 0 radical (unpaired) electrons. The molecule has 0 saturated heterocycles. The molecule has 2 aliphatic carbocycles. The molecule has 2 fully saturated rings. The third kappa shape index (κ3) is 0.565. The molecule has 0 aliphatic heterocycles. The first-order valence-corrected chi connectivity index (χ1v) is 4.00. The lowest BCUT2D eigenvalue weighted by Crippen LogP contribution is -2.61. The van der Waals surface area contributed by atoms with Crippen LogP contribution in [0.1, 0.15) is 25.7 Å². The van der Waals surface area contributed by atoms with Gasteiger partial charge in [-0.2, -0.15) is 0 Å². The van der Waals surface area contributed by atoms with Crippen LogP contribution in [0.3, 0.4) is 0 Å². The highest BCUT2D eigenvalue weighted by Crippen LogP contribution is 2.56. The maximum Gasteiger partial charge on any atom is 0.0677 e. The number of ether oxygens (including phenoxy) is 1. The van der Waals surface area contributed by atoms with Crippen molar-refractivity contribution in [1.29, 1.82) is 0 Å². The van der Waals surface area contributed by atoms with Crippen molar-refractivity contribution in [3.05, 3.63) is 0 Å². The molecule has 0 amide bonds. The lowest BCUT2D eigenvalue weighted by molar-refractivity contribution is -0.217. The highest BCUT2D eigenvalue weighted by Gasteiger charge is 2.58. The molecule has 0 heterocycles. The van der Waals surface area contributed by atoms with Gasteiger partial charge < -0.3 is 9.84 Å². The average molecular weight is 142 g/mol. The van der Waals surface area contributed by atoms with E-state index in [0.717, 1.165) is 6.42 Å². The van der Waals surface area contributed by atoms with Gasteiger partial charge in [-0.15, -0.1) is 0 Å². The Labute approximate surface area is 61.2 Å². The van der Waals surface area contributed by atoms with Crippen LogP contribution < -0.4 is 0 Å². The number of aliphatic hydroxyl groups excluding tert-OH is 1. The number of methoxy groups -OCH3 is 1. The van der Waals surface area contributed by atoms with E-state index in [9.17, 15) is 5.11 Å². The van der Waals surface area contributed by atoms with Crippen molar-refractivity contribution in [2.24, 2.45) is 5.41 Å². The number of hydrogen-bond acceptors (Lipinski definition) is 2. The zero-order valence-corrected chi connectivity index (χ0v) is 6.34. The molecule has 0 unspecified atom stereocenters. The third-order valence-electron chi connectivity index (χ3n) is 3.31. The Kier molecular flexibility index (Phi) is 1.29. The Hall–Kier alpha value is -0.0800. The summed E-state index contributed by atoms with van der Waals surface area (Å²) in [6, 6.07) is 0. The zero-order valence-electron chi connectivity index (χ0n) is 6.34. The van der Waals surface area contributed by atoms with Crippen molar-refractivity contribution in [3.63, 3.8) is 0 Å². The molecule has 2 aliphatic rings. The standard InChI is InChI=1S/C8H14O2/c1-10-7-5-6(9)8(7)3-2-4-8/h6-7,9H,2-5H2,1H3/t6-,7+/m0/s1. The first kappa shape index (κ1) is 6.62. The smallest absolute Gasteiger partial charge is 0.0677 e. The van der Waals surface area contributed by atoms with E-state index in [4.69, 9.17) is 4.74 Å². The number of rotatable bonds is 1. The average Bonchev–Trinajstić information content (AvgIpc) is 1.78. The fourth-order valence-electron chi connectivity index (χ4n) is 2.30. The Morgan fingerprint density at radius 3 is 2.40 bits per heavy atom. The lowest BCUT2D eigenvalue weighted by atomic mass is 9.52. The van der Waals surface area contributed by atoms with E-state index in [1.807, 2.05) is 0 Å². The van der Waals surface area contributed by atoms with Crippen LogP contribution in [0.4, 0.5) is 0 Å². The quantitative estimate of drug-likeness (QED) is 0.590. The van der Waals surface area contributed by atoms with E-state index in [-0.39, 0.29) is 11.5 Å². The van der Waals surface area contributed by atoms with Crippen molar-refractivity contribution in [2.75, 3.05) is 7.11 Å². The van der Waals surface area contributed by atoms with Gasteiger partial charge in [-0.1, -0.05) is 6.42 Å². The molecule has 0 aromatic heterocycles. The molecule has 2 heteroatoms. The molecule has 10 heavy (non-hydrogen) atoms. The van der Waals surface area contributed by atoms with Crippen molar-refractivity contribution < 1.29 is 9.84 Å². The number of aliphatic hydroxyl groups is 1. The third-order valence-corrected chi connectivity index (χ3v) is 3.31. The van der Waals surface area contributed by atoms with Gasteiger partial charge in [-0.25, -0.2) is 0 Å². The van der Waals surface area contributed by atoms with Gasteiger partial charge in [-0.05, 0) is 12.8 Å².